The Bertz CT molecular complexity index is 585. The fourth-order valence-corrected chi connectivity index (χ4v) is 1.91. The Kier molecular flexibility index (Phi) is 6.00. The molecule has 0 bridgehead atoms. The third-order valence-electron chi connectivity index (χ3n) is 3.05. The number of carbonyl (C=O) groups is 2. The van der Waals surface area contributed by atoms with E-state index < -0.39 is 22.8 Å². The largest absolute Gasteiger partial charge is 0.480 e. The number of carboxylic acids is 1. The van der Waals surface area contributed by atoms with Crippen LogP contribution in [0, 0.1) is 10.1 Å². The minimum absolute atomic E-state index is 0.0263. The van der Waals surface area contributed by atoms with Crippen molar-refractivity contribution < 1.29 is 24.4 Å². The van der Waals surface area contributed by atoms with Gasteiger partial charge < -0.3 is 15.2 Å². The second-order valence-electron chi connectivity index (χ2n) is 5.01. The van der Waals surface area contributed by atoms with Crippen LogP contribution < -0.4 is 5.32 Å². The van der Waals surface area contributed by atoms with Gasteiger partial charge in [0.2, 0.25) is 0 Å². The summed E-state index contributed by atoms with van der Waals surface area (Å²) in [6.07, 6.45) is 0. The highest BCUT2D eigenvalue weighted by molar-refractivity contribution is 5.97. The van der Waals surface area contributed by atoms with E-state index in [9.17, 15) is 19.7 Å². The summed E-state index contributed by atoms with van der Waals surface area (Å²) in [4.78, 5) is 33.5. The van der Waals surface area contributed by atoms with E-state index in [1.54, 1.807) is 13.8 Å². The third-order valence-corrected chi connectivity index (χ3v) is 3.05. The smallest absolute Gasteiger partial charge is 0.328 e. The zero-order valence-electron chi connectivity index (χ0n) is 12.5. The van der Waals surface area contributed by atoms with Crippen LogP contribution >= 0.6 is 0 Å². The Balaban J connectivity index is 3.06. The molecule has 0 saturated carbocycles. The van der Waals surface area contributed by atoms with Gasteiger partial charge in [0.15, 0.2) is 6.04 Å². The Morgan fingerprint density at radius 2 is 2.05 bits per heavy atom. The van der Waals surface area contributed by atoms with Gasteiger partial charge >= 0.3 is 5.97 Å². The van der Waals surface area contributed by atoms with E-state index in [1.807, 2.05) is 0 Å². The molecule has 0 aromatic heterocycles. The van der Waals surface area contributed by atoms with E-state index in [0.717, 1.165) is 6.07 Å². The van der Waals surface area contributed by atoms with Crippen LogP contribution in [-0.4, -0.2) is 41.7 Å². The number of hydrogen-bond acceptors (Lipinski definition) is 5. The van der Waals surface area contributed by atoms with E-state index in [1.165, 1.54) is 19.2 Å². The van der Waals surface area contributed by atoms with Crippen LogP contribution in [0.15, 0.2) is 18.2 Å². The molecule has 1 aromatic carbocycles. The zero-order chi connectivity index (χ0) is 16.9. The number of carbonyl (C=O) groups excluding carboxylic acids is 1. The maximum absolute atomic E-state index is 12.0. The predicted molar refractivity (Wildman–Crippen MR) is 78.0 cm³/mol. The van der Waals surface area contributed by atoms with Crippen molar-refractivity contribution in [2.24, 2.45) is 0 Å². The van der Waals surface area contributed by atoms with E-state index in [2.05, 4.69) is 5.32 Å². The Morgan fingerprint density at radius 3 is 2.50 bits per heavy atom. The van der Waals surface area contributed by atoms with Crippen molar-refractivity contribution in [2.45, 2.75) is 25.8 Å². The number of methoxy groups -OCH3 is 1. The Labute approximate surface area is 127 Å². The molecule has 1 amide bonds. The van der Waals surface area contributed by atoms with Crippen molar-refractivity contribution in [2.75, 3.05) is 13.7 Å². The standard InChI is InChI=1S/C14H18N2O6/c1-8(2)10-5-4-9(6-12(10)16(20)21)13(17)15-11(7-22-3)14(18)19/h4-6,8,11H,7H2,1-3H3,(H,15,17)(H,18,19). The second kappa shape index (κ2) is 7.51. The minimum atomic E-state index is -1.25. The number of nitrogens with zero attached hydrogens (tertiary/aromatic N) is 1. The number of aliphatic carboxylic acids is 1. The summed E-state index contributed by atoms with van der Waals surface area (Å²) in [5.41, 5.74) is 0.368. The van der Waals surface area contributed by atoms with Gasteiger partial charge in [0.25, 0.3) is 11.6 Å². The topological polar surface area (TPSA) is 119 Å². The van der Waals surface area contributed by atoms with Gasteiger partial charge in [-0.2, -0.15) is 0 Å². The molecule has 0 radical (unpaired) electrons. The average Bonchev–Trinajstić information content (AvgIpc) is 2.45. The summed E-state index contributed by atoms with van der Waals surface area (Å²) in [7, 11) is 1.31. The number of carboxylic acid groups (broad SMARTS) is 1. The summed E-state index contributed by atoms with van der Waals surface area (Å²) in [6, 6.07) is 2.87. The Morgan fingerprint density at radius 1 is 1.41 bits per heavy atom. The lowest BCUT2D eigenvalue weighted by molar-refractivity contribution is -0.385. The fourth-order valence-electron chi connectivity index (χ4n) is 1.91. The highest BCUT2D eigenvalue weighted by Gasteiger charge is 2.23. The monoisotopic (exact) mass is 310 g/mol. The van der Waals surface area contributed by atoms with Gasteiger partial charge in [0.1, 0.15) is 0 Å². The van der Waals surface area contributed by atoms with Crippen LogP contribution in [-0.2, 0) is 9.53 Å². The van der Waals surface area contributed by atoms with Crippen molar-refractivity contribution in [3.8, 4) is 0 Å². The summed E-state index contributed by atoms with van der Waals surface area (Å²) in [5.74, 6) is -2.02. The number of nitrogens with one attached hydrogen (secondary N) is 1. The number of amides is 1. The molecule has 1 atom stereocenters. The molecule has 1 unspecified atom stereocenters. The molecule has 1 aromatic rings. The zero-order valence-corrected chi connectivity index (χ0v) is 12.5. The summed E-state index contributed by atoms with van der Waals surface area (Å²) >= 11 is 0. The fraction of sp³-hybridized carbons (Fsp3) is 0.429. The summed E-state index contributed by atoms with van der Waals surface area (Å²) in [5, 5.41) is 22.3. The minimum Gasteiger partial charge on any atom is -0.480 e. The predicted octanol–water partition coefficient (Wildman–Crippen LogP) is 1.55. The van der Waals surface area contributed by atoms with Gasteiger partial charge in [-0.25, -0.2) is 4.79 Å². The molecule has 0 heterocycles. The molecule has 120 valence electrons. The van der Waals surface area contributed by atoms with E-state index in [4.69, 9.17) is 9.84 Å². The lowest BCUT2D eigenvalue weighted by atomic mass is 9.99. The van der Waals surface area contributed by atoms with E-state index in [-0.39, 0.29) is 23.8 Å². The van der Waals surface area contributed by atoms with E-state index in [0.29, 0.717) is 5.56 Å². The third kappa shape index (κ3) is 4.26. The number of rotatable bonds is 7. The van der Waals surface area contributed by atoms with Gasteiger partial charge in [-0.3, -0.25) is 14.9 Å². The van der Waals surface area contributed by atoms with Crippen molar-refractivity contribution >= 4 is 17.6 Å². The highest BCUT2D eigenvalue weighted by Crippen LogP contribution is 2.27. The molecular formula is C14H18N2O6. The van der Waals surface area contributed by atoms with Crippen molar-refractivity contribution in [1.82, 2.24) is 5.32 Å². The normalized spacial score (nSPS) is 12.0. The summed E-state index contributed by atoms with van der Waals surface area (Å²) < 4.78 is 4.71. The number of hydrogen-bond donors (Lipinski definition) is 2. The molecule has 2 N–H and O–H groups in total. The van der Waals surface area contributed by atoms with Crippen LogP contribution in [0.5, 0.6) is 0 Å². The average molecular weight is 310 g/mol. The van der Waals surface area contributed by atoms with Crippen molar-refractivity contribution in [3.05, 3.63) is 39.4 Å². The van der Waals surface area contributed by atoms with Gasteiger partial charge in [-0.15, -0.1) is 0 Å². The first kappa shape index (κ1) is 17.6. The molecule has 0 fully saturated rings. The first-order chi connectivity index (χ1) is 10.3. The number of ether oxygens (including phenoxy) is 1. The van der Waals surface area contributed by atoms with Crippen LogP contribution in [0.25, 0.3) is 0 Å². The molecule has 0 aliphatic rings. The van der Waals surface area contributed by atoms with Crippen molar-refractivity contribution in [1.29, 1.82) is 0 Å². The molecule has 8 nitrogen and oxygen atoms in total. The van der Waals surface area contributed by atoms with Crippen LogP contribution in [0.1, 0.15) is 35.7 Å². The van der Waals surface area contributed by atoms with Gasteiger partial charge in [0, 0.05) is 24.3 Å². The maximum atomic E-state index is 12.0. The lowest BCUT2D eigenvalue weighted by Gasteiger charge is -2.14. The molecule has 0 aliphatic heterocycles. The Hall–Kier alpha value is -2.48. The summed E-state index contributed by atoms with van der Waals surface area (Å²) in [6.45, 7) is 3.41. The van der Waals surface area contributed by atoms with Crippen LogP contribution in [0.3, 0.4) is 0 Å². The number of benzene rings is 1. The molecule has 0 saturated heterocycles. The van der Waals surface area contributed by atoms with Crippen molar-refractivity contribution in [3.63, 3.8) is 0 Å². The molecule has 0 spiro atoms. The first-order valence-electron chi connectivity index (χ1n) is 6.58. The molecule has 1 rings (SSSR count). The highest BCUT2D eigenvalue weighted by atomic mass is 16.6. The number of nitro groups is 1. The molecule has 0 aliphatic carbocycles. The molecular weight excluding hydrogens is 292 g/mol. The quantitative estimate of drug-likeness (QED) is 0.582. The number of nitro benzene ring substituents is 1. The first-order valence-corrected chi connectivity index (χ1v) is 6.58. The van der Waals surface area contributed by atoms with Gasteiger partial charge in [-0.05, 0) is 12.0 Å². The SMILES string of the molecule is COCC(NC(=O)c1ccc(C(C)C)c([N+](=O)[O-])c1)C(=O)O. The van der Waals surface area contributed by atoms with Gasteiger partial charge in [0.05, 0.1) is 11.5 Å². The second-order valence-corrected chi connectivity index (χ2v) is 5.01. The molecule has 22 heavy (non-hydrogen) atoms. The van der Waals surface area contributed by atoms with E-state index >= 15 is 0 Å². The molecule has 8 heteroatoms. The van der Waals surface area contributed by atoms with Crippen LogP contribution in [0.4, 0.5) is 5.69 Å². The maximum Gasteiger partial charge on any atom is 0.328 e. The van der Waals surface area contributed by atoms with Gasteiger partial charge in [-0.1, -0.05) is 19.9 Å². The van der Waals surface area contributed by atoms with Crippen LogP contribution in [0.2, 0.25) is 0 Å². The lowest BCUT2D eigenvalue weighted by Crippen LogP contribution is -2.43.